The first kappa shape index (κ1) is 14.7. The number of ether oxygens (including phenoxy) is 2. The fourth-order valence-corrected chi connectivity index (χ4v) is 3.29. The lowest BCUT2D eigenvalue weighted by atomic mass is 9.94. The Hall–Kier alpha value is 1.60. The van der Waals surface area contributed by atoms with Crippen molar-refractivity contribution in [1.29, 1.82) is 0 Å². The second kappa shape index (κ2) is 5.97. The molecule has 1 saturated heterocycles. The summed E-state index contributed by atoms with van der Waals surface area (Å²) in [7, 11) is 6.92. The number of methoxy groups -OCH3 is 1. The third-order valence-electron chi connectivity index (χ3n) is 1.91. The summed E-state index contributed by atoms with van der Waals surface area (Å²) in [5.74, 6) is 0. The van der Waals surface area contributed by atoms with E-state index >= 15 is 0 Å². The third kappa shape index (κ3) is 4.41. The van der Waals surface area contributed by atoms with Gasteiger partial charge in [0.25, 0.3) is 0 Å². The molecule has 1 heterocycles. The third-order valence-corrected chi connectivity index (χ3v) is 3.64. The van der Waals surface area contributed by atoms with Crippen LogP contribution in [0.1, 0.15) is 0 Å². The van der Waals surface area contributed by atoms with Gasteiger partial charge in [-0.1, -0.05) is 0 Å². The number of halogens is 2. The molecular formula is C6H10BFIO3PS2. The lowest BCUT2D eigenvalue weighted by Crippen LogP contribution is -2.33. The Morgan fingerprint density at radius 3 is 2.80 bits per heavy atom. The van der Waals surface area contributed by atoms with Crippen LogP contribution in [0.4, 0.5) is 4.39 Å². The summed E-state index contributed by atoms with van der Waals surface area (Å²) in [5, 5.41) is 0. The molecule has 2 radical (unpaired) electrons. The predicted octanol–water partition coefficient (Wildman–Crippen LogP) is 1.84. The number of hydrogen-bond donors (Lipinski definition) is 1. The van der Waals surface area contributed by atoms with Gasteiger partial charge in [0, 0.05) is 29.2 Å². The number of hydrogen-bond acceptors (Lipinski definition) is 4. The molecule has 0 aromatic rings. The predicted molar refractivity (Wildman–Crippen MR) is 73.4 cm³/mol. The van der Waals surface area contributed by atoms with Gasteiger partial charge < -0.3 is 14.0 Å². The molecule has 0 aromatic heterocycles. The van der Waals surface area contributed by atoms with E-state index in [1.165, 1.54) is 7.11 Å². The van der Waals surface area contributed by atoms with Gasteiger partial charge >= 0.3 is 0 Å². The fourth-order valence-electron chi connectivity index (χ4n) is 1.32. The zero-order valence-corrected chi connectivity index (χ0v) is 12.6. The monoisotopic (exact) mass is 382 g/mol. The Balaban J connectivity index is 2.68. The molecule has 1 aliphatic heterocycles. The van der Waals surface area contributed by atoms with Crippen LogP contribution >= 0.6 is 37.4 Å². The summed E-state index contributed by atoms with van der Waals surface area (Å²) in [6, 6.07) is -0.985. The van der Waals surface area contributed by atoms with E-state index in [9.17, 15) is 4.39 Å². The highest BCUT2D eigenvalue weighted by molar-refractivity contribution is 14.2. The molecule has 3 unspecified atom stereocenters. The summed E-state index contributed by atoms with van der Waals surface area (Å²) < 4.78 is 26.7. The second-order valence-electron chi connectivity index (χ2n) is 3.06. The molecule has 3 nitrogen and oxygen atoms in total. The van der Waals surface area contributed by atoms with E-state index in [1.807, 2.05) is 22.0 Å². The van der Waals surface area contributed by atoms with Gasteiger partial charge in [-0.2, -0.15) is 0 Å². The first-order valence-electron chi connectivity index (χ1n) is 4.10. The quantitative estimate of drug-likeness (QED) is 0.348. The highest BCUT2D eigenvalue weighted by Gasteiger charge is 2.44. The SMILES string of the molecule is [B][C@@H]1O[C@H](COC)C(OP(=S)(S)I)C1F. The van der Waals surface area contributed by atoms with Gasteiger partial charge in [-0.05, 0) is 11.8 Å². The summed E-state index contributed by atoms with van der Waals surface area (Å²) in [5.41, 5.74) is 0. The Morgan fingerprint density at radius 2 is 2.33 bits per heavy atom. The molecule has 86 valence electrons. The largest absolute Gasteiger partial charge is 0.382 e. The van der Waals surface area contributed by atoms with E-state index in [0.717, 1.165) is 0 Å². The number of thiol groups is 1. The maximum Gasteiger partial charge on any atom is 0.175 e. The summed E-state index contributed by atoms with van der Waals surface area (Å²) in [6.07, 6.45) is -2.71. The van der Waals surface area contributed by atoms with Gasteiger partial charge in [-0.25, -0.2) is 4.39 Å². The van der Waals surface area contributed by atoms with Gasteiger partial charge in [-0.15, -0.1) is 12.2 Å². The summed E-state index contributed by atoms with van der Waals surface area (Å²) in [6.45, 7) is 0.221. The standard InChI is InChI=1S/C6H10BFIO3PS2/c1-10-2-3-5(12-13(9,14)15)4(8)6(7)11-3/h3-6H,2H2,1H3,(H,14,15)/t3-,4?,5?,6-/m1/s1. The van der Waals surface area contributed by atoms with Crippen molar-refractivity contribution >= 4 is 57.1 Å². The van der Waals surface area contributed by atoms with Crippen molar-refractivity contribution in [2.24, 2.45) is 0 Å². The van der Waals surface area contributed by atoms with Crippen LogP contribution in [0.2, 0.25) is 0 Å². The number of alkyl halides is 1. The Bertz CT molecular complexity index is 269. The minimum atomic E-state index is -2.27. The number of rotatable bonds is 4. The van der Waals surface area contributed by atoms with Crippen molar-refractivity contribution < 1.29 is 18.4 Å². The molecule has 1 fully saturated rings. The minimum absolute atomic E-state index is 0.221. The topological polar surface area (TPSA) is 27.7 Å². The van der Waals surface area contributed by atoms with Crippen molar-refractivity contribution in [2.75, 3.05) is 13.7 Å². The van der Waals surface area contributed by atoms with Crippen LogP contribution < -0.4 is 0 Å². The fraction of sp³-hybridized carbons (Fsp3) is 1.00. The molecule has 9 heteroatoms. The molecule has 0 spiro atoms. The zero-order chi connectivity index (χ0) is 11.6. The average molecular weight is 382 g/mol. The minimum Gasteiger partial charge on any atom is -0.382 e. The molecular weight excluding hydrogens is 372 g/mol. The summed E-state index contributed by atoms with van der Waals surface area (Å²) >= 11 is 11.0. The van der Waals surface area contributed by atoms with Crippen molar-refractivity contribution in [1.82, 2.24) is 0 Å². The van der Waals surface area contributed by atoms with Crippen LogP contribution in [0.5, 0.6) is 0 Å². The Labute approximate surface area is 113 Å². The molecule has 1 aliphatic rings. The van der Waals surface area contributed by atoms with E-state index in [-0.39, 0.29) is 6.61 Å². The maximum absolute atomic E-state index is 13.6. The van der Waals surface area contributed by atoms with E-state index < -0.39 is 27.5 Å². The Kier molecular flexibility index (Phi) is 5.84. The van der Waals surface area contributed by atoms with Crippen LogP contribution in [0, 0.1) is 0 Å². The van der Waals surface area contributed by atoms with Crippen LogP contribution in [0.15, 0.2) is 0 Å². The highest BCUT2D eigenvalue weighted by atomic mass is 127. The molecule has 0 aliphatic carbocycles. The molecule has 0 N–H and O–H groups in total. The van der Waals surface area contributed by atoms with Crippen molar-refractivity contribution in [3.63, 3.8) is 0 Å². The van der Waals surface area contributed by atoms with Gasteiger partial charge in [0.15, 0.2) is 3.11 Å². The molecule has 0 bridgehead atoms. The molecule has 0 aromatic carbocycles. The van der Waals surface area contributed by atoms with E-state index in [2.05, 4.69) is 12.2 Å². The van der Waals surface area contributed by atoms with Crippen molar-refractivity contribution in [3.05, 3.63) is 0 Å². The summed E-state index contributed by atoms with van der Waals surface area (Å²) in [4.78, 5) is 0. The average Bonchev–Trinajstić information content (AvgIpc) is 2.32. The van der Waals surface area contributed by atoms with Crippen LogP contribution in [0.25, 0.3) is 0 Å². The molecule has 5 atom stereocenters. The lowest BCUT2D eigenvalue weighted by Gasteiger charge is -2.22. The molecule has 0 amide bonds. The first-order chi connectivity index (χ1) is 6.85. The van der Waals surface area contributed by atoms with Crippen LogP contribution in [-0.2, 0) is 25.8 Å². The highest BCUT2D eigenvalue weighted by Crippen LogP contribution is 2.62. The van der Waals surface area contributed by atoms with E-state index in [0.29, 0.717) is 0 Å². The smallest absolute Gasteiger partial charge is 0.175 e. The van der Waals surface area contributed by atoms with Crippen molar-refractivity contribution in [3.8, 4) is 0 Å². The van der Waals surface area contributed by atoms with E-state index in [1.54, 1.807) is 0 Å². The Morgan fingerprint density at radius 1 is 1.73 bits per heavy atom. The first-order valence-corrected chi connectivity index (χ1v) is 10.8. The van der Waals surface area contributed by atoms with Gasteiger partial charge in [0.2, 0.25) is 0 Å². The van der Waals surface area contributed by atoms with Gasteiger partial charge in [0.1, 0.15) is 26.2 Å². The van der Waals surface area contributed by atoms with Gasteiger partial charge in [0.05, 0.1) is 12.6 Å². The zero-order valence-electron chi connectivity index (χ0n) is 7.88. The maximum atomic E-state index is 13.6. The lowest BCUT2D eigenvalue weighted by molar-refractivity contribution is -0.00715. The van der Waals surface area contributed by atoms with E-state index in [4.69, 9.17) is 33.7 Å². The van der Waals surface area contributed by atoms with Crippen LogP contribution in [0.3, 0.4) is 0 Å². The van der Waals surface area contributed by atoms with Crippen molar-refractivity contribution in [2.45, 2.75) is 24.4 Å². The molecule has 15 heavy (non-hydrogen) atoms. The van der Waals surface area contributed by atoms with Crippen LogP contribution in [-0.4, -0.2) is 45.9 Å². The molecule has 0 saturated carbocycles. The molecule has 1 rings (SSSR count). The second-order valence-corrected chi connectivity index (χ2v) is 16.5. The van der Waals surface area contributed by atoms with Gasteiger partial charge in [-0.3, -0.25) is 0 Å². The normalized spacial score (nSPS) is 40.3.